The second-order valence-electron chi connectivity index (χ2n) is 5.67. The Morgan fingerprint density at radius 3 is 2.41 bits per heavy atom. The third-order valence-corrected chi connectivity index (χ3v) is 3.95. The Hall–Kier alpha value is -0.480. The summed E-state index contributed by atoms with van der Waals surface area (Å²) in [6.07, 6.45) is 0. The molecule has 0 fully saturated rings. The van der Waals surface area contributed by atoms with E-state index in [1.165, 1.54) is 5.69 Å². The first-order valence-electron chi connectivity index (χ1n) is 6.09. The number of nitrogens with zero attached hydrogens (tertiary/aromatic N) is 2. The number of aromatic nitrogens is 2. The molecule has 0 aliphatic carbocycles. The third-order valence-electron chi connectivity index (χ3n) is 2.52. The molecule has 0 unspecified atom stereocenters. The zero-order chi connectivity index (χ0) is 13.2. The van der Waals surface area contributed by atoms with Gasteiger partial charge in [-0.1, -0.05) is 25.6 Å². The van der Waals surface area contributed by atoms with Crippen molar-refractivity contribution in [1.82, 2.24) is 9.55 Å². The van der Waals surface area contributed by atoms with Crippen molar-refractivity contribution in [3.63, 3.8) is 0 Å². The van der Waals surface area contributed by atoms with Gasteiger partial charge in [-0.3, -0.25) is 0 Å². The molecule has 0 spiro atoms. The molecule has 3 nitrogen and oxygen atoms in total. The van der Waals surface area contributed by atoms with E-state index in [0.717, 1.165) is 17.4 Å². The van der Waals surface area contributed by atoms with Gasteiger partial charge in [0.05, 0.1) is 11.3 Å². The molecule has 1 aromatic heterocycles. The first kappa shape index (κ1) is 14.6. The minimum Gasteiger partial charge on any atom is -0.390 e. The predicted molar refractivity (Wildman–Crippen MR) is 73.6 cm³/mol. The van der Waals surface area contributed by atoms with Crippen LogP contribution in [0.4, 0.5) is 0 Å². The summed E-state index contributed by atoms with van der Waals surface area (Å²) in [6, 6.07) is 0. The summed E-state index contributed by atoms with van der Waals surface area (Å²) >= 11 is 1.63. The van der Waals surface area contributed by atoms with Gasteiger partial charge < -0.3 is 9.67 Å². The summed E-state index contributed by atoms with van der Waals surface area (Å²) in [7, 11) is 0. The van der Waals surface area contributed by atoms with Crippen molar-refractivity contribution < 1.29 is 5.11 Å². The van der Waals surface area contributed by atoms with Crippen LogP contribution in [0.25, 0.3) is 0 Å². The molecule has 1 N–H and O–H groups in total. The molecule has 0 amide bonds. The molecule has 0 saturated heterocycles. The van der Waals surface area contributed by atoms with Crippen LogP contribution in [0.3, 0.4) is 0 Å². The van der Waals surface area contributed by atoms with Crippen LogP contribution in [0, 0.1) is 19.8 Å². The van der Waals surface area contributed by atoms with E-state index in [0.29, 0.717) is 11.7 Å². The van der Waals surface area contributed by atoms with Gasteiger partial charge in [0.25, 0.3) is 0 Å². The van der Waals surface area contributed by atoms with E-state index < -0.39 is 5.60 Å². The lowest BCUT2D eigenvalue weighted by Gasteiger charge is -2.17. The summed E-state index contributed by atoms with van der Waals surface area (Å²) in [5.74, 6) is 1.27. The topological polar surface area (TPSA) is 38.1 Å². The van der Waals surface area contributed by atoms with Gasteiger partial charge in [0.1, 0.15) is 0 Å². The lowest BCUT2D eigenvalue weighted by atomic mass is 10.2. The molecule has 1 heterocycles. The van der Waals surface area contributed by atoms with Gasteiger partial charge in [-0.15, -0.1) is 0 Å². The van der Waals surface area contributed by atoms with Crippen molar-refractivity contribution in [2.45, 2.75) is 58.8 Å². The van der Waals surface area contributed by atoms with E-state index in [2.05, 4.69) is 30.3 Å². The van der Waals surface area contributed by atoms with Crippen LogP contribution in [0.2, 0.25) is 0 Å². The van der Waals surface area contributed by atoms with Crippen molar-refractivity contribution >= 4 is 11.8 Å². The van der Waals surface area contributed by atoms with Gasteiger partial charge in [-0.25, -0.2) is 4.98 Å². The number of aliphatic hydroxyl groups is 1. The fourth-order valence-corrected chi connectivity index (χ4v) is 2.61. The van der Waals surface area contributed by atoms with E-state index in [4.69, 9.17) is 0 Å². The Balaban J connectivity index is 2.87. The maximum atomic E-state index is 9.77. The second-order valence-corrected chi connectivity index (χ2v) is 6.61. The summed E-state index contributed by atoms with van der Waals surface area (Å²) in [5, 5.41) is 10.8. The molecule has 0 bridgehead atoms. The van der Waals surface area contributed by atoms with Crippen molar-refractivity contribution in [3.05, 3.63) is 11.4 Å². The maximum absolute atomic E-state index is 9.77. The van der Waals surface area contributed by atoms with Gasteiger partial charge in [0, 0.05) is 18.0 Å². The average molecular weight is 256 g/mol. The fraction of sp³-hybridized carbons (Fsp3) is 0.769. The van der Waals surface area contributed by atoms with E-state index in [-0.39, 0.29) is 0 Å². The van der Waals surface area contributed by atoms with E-state index in [1.54, 1.807) is 11.8 Å². The van der Waals surface area contributed by atoms with Crippen LogP contribution in [-0.2, 0) is 6.54 Å². The van der Waals surface area contributed by atoms with E-state index in [9.17, 15) is 5.11 Å². The molecule has 4 heteroatoms. The molecule has 0 radical (unpaired) electrons. The molecule has 0 atom stereocenters. The quantitative estimate of drug-likeness (QED) is 0.823. The highest BCUT2D eigenvalue weighted by molar-refractivity contribution is 7.99. The smallest absolute Gasteiger partial charge is 0.168 e. The van der Waals surface area contributed by atoms with Crippen LogP contribution in [0.5, 0.6) is 0 Å². The first-order valence-corrected chi connectivity index (χ1v) is 7.08. The molecule has 0 saturated carbocycles. The summed E-state index contributed by atoms with van der Waals surface area (Å²) in [4.78, 5) is 4.58. The predicted octanol–water partition coefficient (Wildman–Crippen LogP) is 3.02. The Morgan fingerprint density at radius 1 is 1.35 bits per heavy atom. The lowest BCUT2D eigenvalue weighted by molar-refractivity contribution is 0.107. The van der Waals surface area contributed by atoms with Crippen LogP contribution >= 0.6 is 11.8 Å². The van der Waals surface area contributed by atoms with Gasteiger partial charge in [0.2, 0.25) is 0 Å². The Morgan fingerprint density at radius 2 is 1.94 bits per heavy atom. The Kier molecular flexibility index (Phi) is 4.67. The van der Waals surface area contributed by atoms with Gasteiger partial charge >= 0.3 is 0 Å². The molecule has 0 aromatic carbocycles. The monoisotopic (exact) mass is 256 g/mol. The fourth-order valence-electron chi connectivity index (χ4n) is 1.56. The van der Waals surface area contributed by atoms with Crippen molar-refractivity contribution in [2.75, 3.05) is 5.75 Å². The van der Waals surface area contributed by atoms with E-state index in [1.807, 2.05) is 20.8 Å². The Labute approximate surface area is 109 Å². The normalized spacial score (nSPS) is 12.5. The SMILES string of the molecule is Cc1nc(SCC(C)(C)O)n(CC(C)C)c1C. The van der Waals surface area contributed by atoms with Crippen LogP contribution in [-0.4, -0.2) is 26.0 Å². The van der Waals surface area contributed by atoms with Crippen LogP contribution < -0.4 is 0 Å². The van der Waals surface area contributed by atoms with Crippen molar-refractivity contribution in [1.29, 1.82) is 0 Å². The number of thioether (sulfide) groups is 1. The summed E-state index contributed by atoms with van der Waals surface area (Å²) in [5.41, 5.74) is 1.67. The molecule has 1 rings (SSSR count). The molecular formula is C13H24N2OS. The minimum atomic E-state index is -0.652. The number of aryl methyl sites for hydroxylation is 1. The number of hydrogen-bond donors (Lipinski definition) is 1. The molecule has 98 valence electrons. The van der Waals surface area contributed by atoms with Crippen LogP contribution in [0.1, 0.15) is 39.1 Å². The van der Waals surface area contributed by atoms with Gasteiger partial charge in [-0.05, 0) is 33.6 Å². The molecule has 0 aliphatic rings. The maximum Gasteiger partial charge on any atom is 0.168 e. The van der Waals surface area contributed by atoms with E-state index >= 15 is 0 Å². The van der Waals surface area contributed by atoms with Gasteiger partial charge in [-0.2, -0.15) is 0 Å². The number of hydrogen-bond acceptors (Lipinski definition) is 3. The van der Waals surface area contributed by atoms with Crippen LogP contribution in [0.15, 0.2) is 5.16 Å². The highest BCUT2D eigenvalue weighted by Crippen LogP contribution is 2.25. The molecular weight excluding hydrogens is 232 g/mol. The first-order chi connectivity index (χ1) is 7.70. The Bertz CT molecular complexity index is 378. The lowest BCUT2D eigenvalue weighted by Crippen LogP contribution is -2.22. The second kappa shape index (κ2) is 5.44. The largest absolute Gasteiger partial charge is 0.390 e. The number of rotatable bonds is 5. The highest BCUT2D eigenvalue weighted by Gasteiger charge is 2.17. The zero-order valence-corrected chi connectivity index (χ0v) is 12.6. The van der Waals surface area contributed by atoms with Crippen molar-refractivity contribution in [2.24, 2.45) is 5.92 Å². The zero-order valence-electron chi connectivity index (χ0n) is 11.7. The minimum absolute atomic E-state index is 0.601. The molecule has 17 heavy (non-hydrogen) atoms. The summed E-state index contributed by atoms with van der Waals surface area (Å²) in [6.45, 7) is 13.2. The highest BCUT2D eigenvalue weighted by atomic mass is 32.2. The average Bonchev–Trinajstić information content (AvgIpc) is 2.41. The standard InChI is InChI=1S/C13H24N2OS/c1-9(2)7-15-11(4)10(3)14-12(15)17-8-13(5,6)16/h9,16H,7-8H2,1-6H3. The van der Waals surface area contributed by atoms with Crippen molar-refractivity contribution in [3.8, 4) is 0 Å². The van der Waals surface area contributed by atoms with Gasteiger partial charge in [0.15, 0.2) is 5.16 Å². The molecule has 0 aliphatic heterocycles. The summed E-state index contributed by atoms with van der Waals surface area (Å²) < 4.78 is 2.26. The third kappa shape index (κ3) is 4.36. The number of imidazole rings is 1. The molecule has 1 aromatic rings.